The predicted octanol–water partition coefficient (Wildman–Crippen LogP) is 3.95. The molecule has 0 radical (unpaired) electrons. The fourth-order valence-electron chi connectivity index (χ4n) is 2.44. The van der Waals surface area contributed by atoms with E-state index >= 15 is 0 Å². The topological polar surface area (TPSA) is 59.8 Å². The molecular formula is C19H20N4O. The molecule has 0 spiro atoms. The molecule has 0 bridgehead atoms. The second kappa shape index (κ2) is 6.66. The van der Waals surface area contributed by atoms with Crippen molar-refractivity contribution in [1.29, 1.82) is 0 Å². The van der Waals surface area contributed by atoms with Crippen LogP contribution in [0.1, 0.15) is 41.8 Å². The third kappa shape index (κ3) is 3.35. The largest absolute Gasteiger partial charge is 0.319 e. The molecule has 0 aliphatic rings. The van der Waals surface area contributed by atoms with Crippen LogP contribution in [0.2, 0.25) is 0 Å². The Labute approximate surface area is 141 Å². The van der Waals surface area contributed by atoms with Gasteiger partial charge >= 0.3 is 0 Å². The van der Waals surface area contributed by atoms with Crippen molar-refractivity contribution in [3.05, 3.63) is 71.8 Å². The van der Waals surface area contributed by atoms with Gasteiger partial charge in [0, 0.05) is 5.69 Å². The Morgan fingerprint density at radius 2 is 1.71 bits per heavy atom. The van der Waals surface area contributed by atoms with Crippen molar-refractivity contribution < 1.29 is 4.79 Å². The average molecular weight is 320 g/mol. The van der Waals surface area contributed by atoms with Crippen LogP contribution < -0.4 is 5.32 Å². The quantitative estimate of drug-likeness (QED) is 0.792. The first-order valence-electron chi connectivity index (χ1n) is 7.95. The number of carbonyl (C=O) groups is 1. The molecule has 0 saturated carbocycles. The van der Waals surface area contributed by atoms with E-state index in [4.69, 9.17) is 0 Å². The standard InChI is InChI=1S/C19H20N4O/c1-13(2)15-9-11-16(12-10-15)21-19(24)18-20-14(3)23(22-18)17-7-5-4-6-8-17/h4-13H,1-3H3,(H,21,24). The lowest BCUT2D eigenvalue weighted by molar-refractivity contribution is 0.101. The lowest BCUT2D eigenvalue weighted by atomic mass is 10.0. The summed E-state index contributed by atoms with van der Waals surface area (Å²) in [6.07, 6.45) is 0. The van der Waals surface area contributed by atoms with E-state index in [0.29, 0.717) is 11.7 Å². The van der Waals surface area contributed by atoms with Gasteiger partial charge in [0.05, 0.1) is 5.69 Å². The van der Waals surface area contributed by atoms with Gasteiger partial charge in [0.15, 0.2) is 0 Å². The van der Waals surface area contributed by atoms with Crippen molar-refractivity contribution >= 4 is 11.6 Å². The summed E-state index contributed by atoms with van der Waals surface area (Å²) in [6, 6.07) is 17.5. The molecule has 0 aliphatic carbocycles. The zero-order valence-corrected chi connectivity index (χ0v) is 14.0. The number of hydrogen-bond acceptors (Lipinski definition) is 3. The molecule has 122 valence electrons. The smallest absolute Gasteiger partial charge is 0.295 e. The Morgan fingerprint density at radius 3 is 2.33 bits per heavy atom. The Kier molecular flexibility index (Phi) is 4.42. The highest BCUT2D eigenvalue weighted by molar-refractivity contribution is 6.01. The third-order valence-corrected chi connectivity index (χ3v) is 3.81. The van der Waals surface area contributed by atoms with Gasteiger partial charge in [-0.3, -0.25) is 4.79 Å². The molecular weight excluding hydrogens is 300 g/mol. The van der Waals surface area contributed by atoms with E-state index in [2.05, 4.69) is 29.2 Å². The van der Waals surface area contributed by atoms with Crippen LogP contribution in [0.15, 0.2) is 54.6 Å². The lowest BCUT2D eigenvalue weighted by Gasteiger charge is -2.07. The van der Waals surface area contributed by atoms with Crippen LogP contribution in [-0.4, -0.2) is 20.7 Å². The van der Waals surface area contributed by atoms with Crippen LogP contribution >= 0.6 is 0 Å². The first-order valence-corrected chi connectivity index (χ1v) is 7.95. The molecule has 5 nitrogen and oxygen atoms in total. The summed E-state index contributed by atoms with van der Waals surface area (Å²) in [7, 11) is 0. The number of aryl methyl sites for hydroxylation is 1. The number of benzene rings is 2. The van der Waals surface area contributed by atoms with Gasteiger partial charge < -0.3 is 5.32 Å². The lowest BCUT2D eigenvalue weighted by Crippen LogP contribution is -2.14. The number of aromatic nitrogens is 3. The Balaban J connectivity index is 1.78. The number of anilines is 1. The van der Waals surface area contributed by atoms with Gasteiger partial charge in [0.25, 0.3) is 5.91 Å². The second-order valence-corrected chi connectivity index (χ2v) is 5.96. The molecule has 0 saturated heterocycles. The number of amides is 1. The van der Waals surface area contributed by atoms with Crippen molar-refractivity contribution in [2.24, 2.45) is 0 Å². The van der Waals surface area contributed by atoms with Gasteiger partial charge in [-0.05, 0) is 42.7 Å². The Hall–Kier alpha value is -2.95. The first-order chi connectivity index (χ1) is 11.5. The van der Waals surface area contributed by atoms with Crippen molar-refractivity contribution in [3.63, 3.8) is 0 Å². The molecule has 1 amide bonds. The highest BCUT2D eigenvalue weighted by atomic mass is 16.2. The normalized spacial score (nSPS) is 10.8. The van der Waals surface area contributed by atoms with Crippen molar-refractivity contribution in [2.45, 2.75) is 26.7 Å². The summed E-state index contributed by atoms with van der Waals surface area (Å²) < 4.78 is 1.66. The summed E-state index contributed by atoms with van der Waals surface area (Å²) in [5.74, 6) is 0.969. The van der Waals surface area contributed by atoms with E-state index in [1.807, 2.05) is 61.5 Å². The highest BCUT2D eigenvalue weighted by Crippen LogP contribution is 2.17. The van der Waals surface area contributed by atoms with E-state index in [-0.39, 0.29) is 11.7 Å². The third-order valence-electron chi connectivity index (χ3n) is 3.81. The van der Waals surface area contributed by atoms with Crippen molar-refractivity contribution in [3.8, 4) is 5.69 Å². The molecule has 0 aliphatic heterocycles. The monoisotopic (exact) mass is 320 g/mol. The fraction of sp³-hybridized carbons (Fsp3) is 0.211. The minimum absolute atomic E-state index is 0.157. The molecule has 24 heavy (non-hydrogen) atoms. The molecule has 3 aromatic rings. The number of nitrogens with one attached hydrogen (secondary N) is 1. The predicted molar refractivity (Wildman–Crippen MR) is 94.6 cm³/mol. The molecule has 0 atom stereocenters. The summed E-state index contributed by atoms with van der Waals surface area (Å²) in [6.45, 7) is 6.10. The Bertz CT molecular complexity index is 836. The van der Waals surface area contributed by atoms with E-state index < -0.39 is 0 Å². The zero-order valence-electron chi connectivity index (χ0n) is 14.0. The number of carbonyl (C=O) groups excluding carboxylic acids is 1. The minimum Gasteiger partial charge on any atom is -0.319 e. The summed E-state index contributed by atoms with van der Waals surface area (Å²) in [5.41, 5.74) is 2.84. The molecule has 1 heterocycles. The summed E-state index contributed by atoms with van der Waals surface area (Å²) in [5, 5.41) is 7.15. The van der Waals surface area contributed by atoms with Gasteiger partial charge in [0.1, 0.15) is 5.82 Å². The first kappa shape index (κ1) is 15.9. The van der Waals surface area contributed by atoms with Crippen LogP contribution in [-0.2, 0) is 0 Å². The molecule has 5 heteroatoms. The van der Waals surface area contributed by atoms with E-state index in [1.54, 1.807) is 4.68 Å². The summed E-state index contributed by atoms with van der Waals surface area (Å²) in [4.78, 5) is 16.6. The number of para-hydroxylation sites is 1. The van der Waals surface area contributed by atoms with E-state index in [9.17, 15) is 4.79 Å². The molecule has 0 unspecified atom stereocenters. The summed E-state index contributed by atoms with van der Waals surface area (Å²) >= 11 is 0. The SMILES string of the molecule is Cc1nc(C(=O)Nc2ccc(C(C)C)cc2)nn1-c1ccccc1. The van der Waals surface area contributed by atoms with Crippen molar-refractivity contribution in [1.82, 2.24) is 14.8 Å². The van der Waals surface area contributed by atoms with E-state index in [0.717, 1.165) is 11.4 Å². The highest BCUT2D eigenvalue weighted by Gasteiger charge is 2.15. The van der Waals surface area contributed by atoms with Crippen molar-refractivity contribution in [2.75, 3.05) is 5.32 Å². The van der Waals surface area contributed by atoms with Gasteiger partial charge in [-0.25, -0.2) is 9.67 Å². The Morgan fingerprint density at radius 1 is 1.04 bits per heavy atom. The molecule has 1 aromatic heterocycles. The maximum absolute atomic E-state index is 12.4. The molecule has 0 fully saturated rings. The zero-order chi connectivity index (χ0) is 17.1. The van der Waals surface area contributed by atoms with Gasteiger partial charge in [-0.1, -0.05) is 44.2 Å². The molecule has 3 rings (SSSR count). The minimum atomic E-state index is -0.315. The molecule has 2 aromatic carbocycles. The fourth-order valence-corrected chi connectivity index (χ4v) is 2.44. The van der Waals surface area contributed by atoms with Gasteiger partial charge in [-0.2, -0.15) is 0 Å². The number of rotatable bonds is 4. The molecule has 1 N–H and O–H groups in total. The van der Waals surface area contributed by atoms with E-state index in [1.165, 1.54) is 5.56 Å². The van der Waals surface area contributed by atoms with Gasteiger partial charge in [-0.15, -0.1) is 5.10 Å². The number of nitrogens with zero attached hydrogens (tertiary/aromatic N) is 3. The van der Waals surface area contributed by atoms with Crippen LogP contribution in [0.5, 0.6) is 0 Å². The van der Waals surface area contributed by atoms with Crippen LogP contribution in [0.25, 0.3) is 5.69 Å². The maximum Gasteiger partial charge on any atom is 0.295 e. The number of hydrogen-bond donors (Lipinski definition) is 1. The van der Waals surface area contributed by atoms with Crippen LogP contribution in [0.3, 0.4) is 0 Å². The van der Waals surface area contributed by atoms with Gasteiger partial charge in [0.2, 0.25) is 5.82 Å². The average Bonchev–Trinajstić information content (AvgIpc) is 2.98. The maximum atomic E-state index is 12.4. The second-order valence-electron chi connectivity index (χ2n) is 5.96. The van der Waals surface area contributed by atoms with Crippen LogP contribution in [0, 0.1) is 6.92 Å². The van der Waals surface area contributed by atoms with Crippen LogP contribution in [0.4, 0.5) is 5.69 Å².